The Morgan fingerprint density at radius 2 is 1.96 bits per heavy atom. The summed E-state index contributed by atoms with van der Waals surface area (Å²) in [5, 5.41) is 10.4. The second-order valence-corrected chi connectivity index (χ2v) is 7.96. The van der Waals surface area contributed by atoms with Crippen molar-refractivity contribution in [3.8, 4) is 0 Å². The summed E-state index contributed by atoms with van der Waals surface area (Å²) in [7, 11) is 1.78. The van der Waals surface area contributed by atoms with Crippen LogP contribution in [0.5, 0.6) is 0 Å². The highest BCUT2D eigenvalue weighted by Crippen LogP contribution is 2.35. The van der Waals surface area contributed by atoms with Crippen LogP contribution in [0.2, 0.25) is 0 Å². The number of aromatic nitrogens is 1. The maximum Gasteiger partial charge on any atom is 0.263 e. The number of pyridine rings is 1. The van der Waals surface area contributed by atoms with E-state index in [1.54, 1.807) is 16.5 Å². The van der Waals surface area contributed by atoms with Gasteiger partial charge in [0.25, 0.3) is 11.5 Å². The molecule has 1 spiro atoms. The van der Waals surface area contributed by atoms with Crippen LogP contribution in [-0.4, -0.2) is 51.9 Å². The molecule has 2 saturated heterocycles. The van der Waals surface area contributed by atoms with Crippen molar-refractivity contribution in [1.29, 1.82) is 0 Å². The molecule has 0 bridgehead atoms. The van der Waals surface area contributed by atoms with Crippen molar-refractivity contribution < 1.29 is 14.6 Å². The largest absolute Gasteiger partial charge is 0.390 e. The average Bonchev–Trinajstić information content (AvgIpc) is 2.67. The minimum absolute atomic E-state index is 0.181. The average molecular weight is 360 g/mol. The highest BCUT2D eigenvalue weighted by atomic mass is 16.5. The summed E-state index contributed by atoms with van der Waals surface area (Å²) in [5.74, 6) is -0.181. The van der Waals surface area contributed by atoms with Crippen LogP contribution >= 0.6 is 0 Å². The fourth-order valence-electron chi connectivity index (χ4n) is 4.79. The van der Waals surface area contributed by atoms with E-state index >= 15 is 0 Å². The Morgan fingerprint density at radius 3 is 2.69 bits per heavy atom. The van der Waals surface area contributed by atoms with E-state index in [9.17, 15) is 14.7 Å². The van der Waals surface area contributed by atoms with Crippen molar-refractivity contribution in [2.24, 2.45) is 7.05 Å². The van der Waals surface area contributed by atoms with Crippen molar-refractivity contribution in [3.05, 3.63) is 33.2 Å². The molecule has 1 atom stereocenters. The lowest BCUT2D eigenvalue weighted by Gasteiger charge is -2.46. The Labute approximate surface area is 153 Å². The molecule has 3 heterocycles. The molecule has 0 aromatic carbocycles. The predicted molar refractivity (Wildman–Crippen MR) is 97.4 cm³/mol. The van der Waals surface area contributed by atoms with E-state index in [-0.39, 0.29) is 17.0 Å². The molecule has 1 N–H and O–H groups in total. The molecule has 1 aromatic rings. The number of carbonyl (C=O) groups is 1. The Hall–Kier alpha value is -1.66. The van der Waals surface area contributed by atoms with E-state index in [1.165, 1.54) is 0 Å². The third kappa shape index (κ3) is 2.89. The maximum absolute atomic E-state index is 13.0. The van der Waals surface area contributed by atoms with Crippen LogP contribution in [0.3, 0.4) is 0 Å². The third-order valence-electron chi connectivity index (χ3n) is 6.48. The third-order valence-corrected chi connectivity index (χ3v) is 6.48. The molecule has 2 fully saturated rings. The number of nitrogens with zero attached hydrogens (tertiary/aromatic N) is 2. The van der Waals surface area contributed by atoms with Gasteiger partial charge in [0.15, 0.2) is 0 Å². The van der Waals surface area contributed by atoms with Gasteiger partial charge in [-0.3, -0.25) is 9.59 Å². The van der Waals surface area contributed by atoms with Crippen LogP contribution in [-0.2, 0) is 24.6 Å². The summed E-state index contributed by atoms with van der Waals surface area (Å²) < 4.78 is 7.58. The molecule has 2 aliphatic heterocycles. The zero-order valence-electron chi connectivity index (χ0n) is 15.5. The summed E-state index contributed by atoms with van der Waals surface area (Å²) in [6, 6.07) is 1.83. The summed E-state index contributed by atoms with van der Waals surface area (Å²) in [4.78, 5) is 27.5. The van der Waals surface area contributed by atoms with Crippen LogP contribution in [0.25, 0.3) is 0 Å². The number of carbonyl (C=O) groups excluding carboxylic acids is 1. The number of rotatable bonds is 1. The zero-order valence-corrected chi connectivity index (χ0v) is 15.5. The van der Waals surface area contributed by atoms with Gasteiger partial charge in [0.05, 0.1) is 11.7 Å². The maximum atomic E-state index is 13.0. The highest BCUT2D eigenvalue weighted by Gasteiger charge is 2.44. The van der Waals surface area contributed by atoms with E-state index in [4.69, 9.17) is 4.74 Å². The number of likely N-dealkylation sites (tertiary alicyclic amines) is 1. The molecule has 26 heavy (non-hydrogen) atoms. The van der Waals surface area contributed by atoms with E-state index in [2.05, 4.69) is 0 Å². The Balaban J connectivity index is 1.54. The number of hydrogen-bond donors (Lipinski definition) is 1. The van der Waals surface area contributed by atoms with Gasteiger partial charge in [-0.15, -0.1) is 0 Å². The number of aliphatic hydroxyl groups excluding tert-OH is 1. The van der Waals surface area contributed by atoms with Crippen molar-refractivity contribution in [3.63, 3.8) is 0 Å². The Kier molecular flexibility index (Phi) is 4.65. The second-order valence-electron chi connectivity index (χ2n) is 7.96. The van der Waals surface area contributed by atoms with E-state index in [0.29, 0.717) is 32.5 Å². The Morgan fingerprint density at radius 1 is 1.23 bits per heavy atom. The van der Waals surface area contributed by atoms with Crippen LogP contribution in [0.15, 0.2) is 10.9 Å². The fourth-order valence-corrected chi connectivity index (χ4v) is 4.79. The summed E-state index contributed by atoms with van der Waals surface area (Å²) in [5.41, 5.74) is 1.81. The fraction of sp³-hybridized carbons (Fsp3) is 0.700. The molecule has 1 unspecified atom stereocenters. The summed E-state index contributed by atoms with van der Waals surface area (Å²) in [6.45, 7) is 1.72. The number of piperidine rings is 1. The van der Waals surface area contributed by atoms with Crippen molar-refractivity contribution >= 4 is 5.91 Å². The van der Waals surface area contributed by atoms with Gasteiger partial charge >= 0.3 is 0 Å². The van der Waals surface area contributed by atoms with Gasteiger partial charge in [-0.25, -0.2) is 0 Å². The lowest BCUT2D eigenvalue weighted by atomic mass is 9.82. The number of aryl methyl sites for hydroxylation is 1. The number of hydrogen-bond acceptors (Lipinski definition) is 4. The molecule has 142 valence electrons. The van der Waals surface area contributed by atoms with Crippen LogP contribution in [0.4, 0.5) is 0 Å². The molecule has 6 nitrogen and oxygen atoms in total. The van der Waals surface area contributed by atoms with Gasteiger partial charge in [0, 0.05) is 32.4 Å². The first-order valence-corrected chi connectivity index (χ1v) is 9.85. The van der Waals surface area contributed by atoms with Gasteiger partial charge in [0.1, 0.15) is 5.56 Å². The molecular weight excluding hydrogens is 332 g/mol. The van der Waals surface area contributed by atoms with Crippen LogP contribution in [0, 0.1) is 0 Å². The molecule has 4 rings (SSSR count). The topological polar surface area (TPSA) is 71.8 Å². The smallest absolute Gasteiger partial charge is 0.263 e. The summed E-state index contributed by atoms with van der Waals surface area (Å²) in [6.07, 6.45) is 6.52. The quantitative estimate of drug-likeness (QED) is 0.822. The van der Waals surface area contributed by atoms with Gasteiger partial charge in [-0.2, -0.15) is 0 Å². The number of fused-ring (bicyclic) bond motifs is 1. The molecule has 3 aliphatic rings. The minimum atomic E-state index is -0.504. The number of aliphatic hydroxyl groups is 1. The lowest BCUT2D eigenvalue weighted by Crippen LogP contribution is -2.56. The van der Waals surface area contributed by atoms with Crippen LogP contribution < -0.4 is 5.56 Å². The molecule has 0 saturated carbocycles. The standard InChI is InChI=1S/C20H28N2O4/c1-21-16-6-3-2-5-14(16)13-15(18(21)24)19(25)22-10-8-20(9-11-22)17(23)7-4-12-26-20/h13,17,23H,2-12H2,1H3. The SMILES string of the molecule is Cn1c2c(cc(C(=O)N3CCC4(CC3)OCCCC4O)c1=O)CCCC2. The van der Waals surface area contributed by atoms with Crippen molar-refractivity contribution in [2.45, 2.75) is 63.1 Å². The lowest BCUT2D eigenvalue weighted by molar-refractivity contribution is -0.174. The number of amides is 1. The van der Waals surface area contributed by atoms with E-state index in [0.717, 1.165) is 49.8 Å². The van der Waals surface area contributed by atoms with Gasteiger partial charge in [-0.05, 0) is 63.0 Å². The molecular formula is C20H28N2O4. The first-order chi connectivity index (χ1) is 12.5. The van der Waals surface area contributed by atoms with Crippen LogP contribution in [0.1, 0.15) is 60.1 Å². The van der Waals surface area contributed by atoms with Crippen molar-refractivity contribution in [2.75, 3.05) is 19.7 Å². The van der Waals surface area contributed by atoms with Gasteiger partial charge in [0.2, 0.25) is 0 Å². The molecule has 6 heteroatoms. The minimum Gasteiger partial charge on any atom is -0.390 e. The van der Waals surface area contributed by atoms with E-state index in [1.807, 2.05) is 6.07 Å². The second kappa shape index (κ2) is 6.82. The predicted octanol–water partition coefficient (Wildman–Crippen LogP) is 1.41. The van der Waals surface area contributed by atoms with E-state index < -0.39 is 11.7 Å². The molecule has 1 aromatic heterocycles. The summed E-state index contributed by atoms with van der Waals surface area (Å²) >= 11 is 0. The molecule has 1 amide bonds. The first kappa shape index (κ1) is 17.7. The molecule has 1 aliphatic carbocycles. The molecule has 0 radical (unpaired) electrons. The highest BCUT2D eigenvalue weighted by molar-refractivity contribution is 5.94. The normalized spacial score (nSPS) is 25.2. The zero-order chi connectivity index (χ0) is 18.3. The monoisotopic (exact) mass is 360 g/mol. The van der Waals surface area contributed by atoms with Gasteiger partial charge in [-0.1, -0.05) is 0 Å². The van der Waals surface area contributed by atoms with Gasteiger partial charge < -0.3 is 19.3 Å². The van der Waals surface area contributed by atoms with Crippen molar-refractivity contribution in [1.82, 2.24) is 9.47 Å². The number of ether oxygens (including phenoxy) is 1. The Bertz CT molecular complexity index is 762. The first-order valence-electron chi connectivity index (χ1n) is 9.85.